The molecule has 1 heteroatoms. The molecule has 1 rings (SSSR count). The van der Waals surface area contributed by atoms with Gasteiger partial charge in [-0.2, -0.15) is 0 Å². The lowest BCUT2D eigenvalue weighted by Gasteiger charge is -2.20. The van der Waals surface area contributed by atoms with Crippen LogP contribution in [0.4, 0.5) is 5.69 Å². The van der Waals surface area contributed by atoms with Crippen LogP contribution >= 0.6 is 0 Å². The zero-order valence-corrected chi connectivity index (χ0v) is 12.2. The van der Waals surface area contributed by atoms with E-state index in [4.69, 9.17) is 0 Å². The van der Waals surface area contributed by atoms with Gasteiger partial charge in [-0.1, -0.05) is 53.7 Å². The van der Waals surface area contributed by atoms with E-state index in [2.05, 4.69) is 71.1 Å². The van der Waals surface area contributed by atoms with Crippen molar-refractivity contribution in [1.29, 1.82) is 0 Å². The number of hydrogen-bond donors (Lipinski definition) is 1. The van der Waals surface area contributed by atoms with Gasteiger partial charge in [0.1, 0.15) is 0 Å². The summed E-state index contributed by atoms with van der Waals surface area (Å²) in [6, 6.07) is 8.84. The summed E-state index contributed by atoms with van der Waals surface area (Å²) < 4.78 is 0. The minimum absolute atomic E-state index is 0.323. The van der Waals surface area contributed by atoms with Crippen molar-refractivity contribution in [3.63, 3.8) is 0 Å². The van der Waals surface area contributed by atoms with Crippen molar-refractivity contribution in [2.75, 3.05) is 11.9 Å². The van der Waals surface area contributed by atoms with Crippen LogP contribution in [0.3, 0.4) is 0 Å². The van der Waals surface area contributed by atoms with Crippen molar-refractivity contribution in [2.24, 2.45) is 10.8 Å². The van der Waals surface area contributed by atoms with Crippen molar-refractivity contribution in [3.8, 4) is 0 Å². The fourth-order valence-corrected chi connectivity index (χ4v) is 1.72. The molecule has 0 saturated heterocycles. The first kappa shape index (κ1) is 14.1. The Morgan fingerprint density at radius 3 is 1.76 bits per heavy atom. The fourth-order valence-electron chi connectivity index (χ4n) is 1.72. The summed E-state index contributed by atoms with van der Waals surface area (Å²) in [4.78, 5) is 0. The van der Waals surface area contributed by atoms with Gasteiger partial charge < -0.3 is 5.32 Å². The maximum atomic E-state index is 3.47. The Labute approximate surface area is 107 Å². The first-order valence-corrected chi connectivity index (χ1v) is 6.49. The molecule has 0 saturated carbocycles. The molecule has 0 radical (unpaired) electrons. The lowest BCUT2D eigenvalue weighted by Crippen LogP contribution is -2.19. The third-order valence-electron chi connectivity index (χ3n) is 2.51. The summed E-state index contributed by atoms with van der Waals surface area (Å²) >= 11 is 0. The Hall–Kier alpha value is -0.980. The van der Waals surface area contributed by atoms with E-state index in [9.17, 15) is 0 Å². The van der Waals surface area contributed by atoms with Crippen LogP contribution in [0.15, 0.2) is 24.3 Å². The van der Waals surface area contributed by atoms with E-state index in [1.165, 1.54) is 11.3 Å². The van der Waals surface area contributed by atoms with Crippen molar-refractivity contribution in [3.05, 3.63) is 29.8 Å². The van der Waals surface area contributed by atoms with Crippen LogP contribution in [0.1, 0.15) is 47.1 Å². The minimum Gasteiger partial charge on any atom is -0.385 e. The van der Waals surface area contributed by atoms with E-state index in [-0.39, 0.29) is 0 Å². The van der Waals surface area contributed by atoms with Crippen LogP contribution in [0.25, 0.3) is 0 Å². The van der Waals surface area contributed by atoms with Gasteiger partial charge in [-0.25, -0.2) is 0 Å². The Kier molecular flexibility index (Phi) is 4.24. The van der Waals surface area contributed by atoms with E-state index in [0.717, 1.165) is 13.0 Å². The van der Waals surface area contributed by atoms with Gasteiger partial charge in [0, 0.05) is 12.2 Å². The molecule has 17 heavy (non-hydrogen) atoms. The predicted octanol–water partition coefficient (Wildman–Crippen LogP) is 4.73. The second kappa shape index (κ2) is 5.12. The molecule has 0 aliphatic heterocycles. The molecule has 0 amide bonds. The van der Waals surface area contributed by atoms with Gasteiger partial charge in [0.05, 0.1) is 0 Å². The van der Waals surface area contributed by atoms with Crippen LogP contribution in [0.2, 0.25) is 0 Å². The topological polar surface area (TPSA) is 12.0 Å². The van der Waals surface area contributed by atoms with E-state index in [1.807, 2.05) is 0 Å². The molecule has 0 fully saturated rings. The highest BCUT2D eigenvalue weighted by Gasteiger charge is 2.11. The van der Waals surface area contributed by atoms with Gasteiger partial charge in [0.15, 0.2) is 0 Å². The number of anilines is 1. The quantitative estimate of drug-likeness (QED) is 0.795. The second-order valence-electron chi connectivity index (χ2n) is 7.35. The van der Waals surface area contributed by atoms with Crippen LogP contribution < -0.4 is 5.32 Å². The summed E-state index contributed by atoms with van der Waals surface area (Å²) in [7, 11) is 0. The molecular formula is C16H27N. The lowest BCUT2D eigenvalue weighted by atomic mass is 9.88. The summed E-state index contributed by atoms with van der Waals surface area (Å²) in [6.45, 7) is 14.6. The van der Waals surface area contributed by atoms with E-state index >= 15 is 0 Å². The molecule has 0 atom stereocenters. The highest BCUT2D eigenvalue weighted by atomic mass is 14.9. The molecule has 0 spiro atoms. The SMILES string of the molecule is CC(C)(C)CNc1ccc(CC(C)(C)C)cc1. The largest absolute Gasteiger partial charge is 0.385 e. The van der Waals surface area contributed by atoms with Gasteiger partial charge in [0.2, 0.25) is 0 Å². The Morgan fingerprint density at radius 2 is 1.35 bits per heavy atom. The average molecular weight is 233 g/mol. The van der Waals surface area contributed by atoms with Crippen molar-refractivity contribution >= 4 is 5.69 Å². The monoisotopic (exact) mass is 233 g/mol. The zero-order valence-electron chi connectivity index (χ0n) is 12.2. The van der Waals surface area contributed by atoms with E-state index in [0.29, 0.717) is 10.8 Å². The maximum absolute atomic E-state index is 3.47. The van der Waals surface area contributed by atoms with Crippen molar-refractivity contribution < 1.29 is 0 Å². The third-order valence-corrected chi connectivity index (χ3v) is 2.51. The van der Waals surface area contributed by atoms with E-state index in [1.54, 1.807) is 0 Å². The number of benzene rings is 1. The van der Waals surface area contributed by atoms with Gasteiger partial charge in [-0.3, -0.25) is 0 Å². The molecule has 0 aromatic heterocycles. The first-order valence-electron chi connectivity index (χ1n) is 6.49. The molecule has 96 valence electrons. The Bertz CT molecular complexity index is 335. The van der Waals surface area contributed by atoms with Gasteiger partial charge in [0.25, 0.3) is 0 Å². The molecule has 0 heterocycles. The molecular weight excluding hydrogens is 206 g/mol. The van der Waals surface area contributed by atoms with Crippen molar-refractivity contribution in [2.45, 2.75) is 48.0 Å². The highest BCUT2D eigenvalue weighted by molar-refractivity contribution is 5.44. The summed E-state index contributed by atoms with van der Waals surface area (Å²) in [5.41, 5.74) is 3.32. The maximum Gasteiger partial charge on any atom is 0.0340 e. The third kappa shape index (κ3) is 6.35. The van der Waals surface area contributed by atoms with Crippen molar-refractivity contribution in [1.82, 2.24) is 0 Å². The molecule has 0 aliphatic carbocycles. The molecule has 1 aromatic rings. The number of rotatable bonds is 3. The fraction of sp³-hybridized carbons (Fsp3) is 0.625. The van der Waals surface area contributed by atoms with Gasteiger partial charge in [-0.05, 0) is 34.9 Å². The summed E-state index contributed by atoms with van der Waals surface area (Å²) in [6.07, 6.45) is 1.13. The first-order chi connectivity index (χ1) is 7.66. The van der Waals surface area contributed by atoms with Crippen LogP contribution in [0, 0.1) is 10.8 Å². The molecule has 0 aliphatic rings. The molecule has 1 nitrogen and oxygen atoms in total. The Balaban J connectivity index is 2.56. The minimum atomic E-state index is 0.323. The zero-order chi connectivity index (χ0) is 13.1. The van der Waals surface area contributed by atoms with Gasteiger partial charge >= 0.3 is 0 Å². The van der Waals surface area contributed by atoms with Crippen LogP contribution in [0.5, 0.6) is 0 Å². The second-order valence-corrected chi connectivity index (χ2v) is 7.35. The predicted molar refractivity (Wildman–Crippen MR) is 77.5 cm³/mol. The summed E-state index contributed by atoms with van der Waals surface area (Å²) in [5.74, 6) is 0. The number of nitrogens with one attached hydrogen (secondary N) is 1. The molecule has 0 unspecified atom stereocenters. The van der Waals surface area contributed by atoms with E-state index < -0.39 is 0 Å². The average Bonchev–Trinajstić information content (AvgIpc) is 2.13. The molecule has 1 aromatic carbocycles. The molecule has 0 bridgehead atoms. The van der Waals surface area contributed by atoms with Gasteiger partial charge in [-0.15, -0.1) is 0 Å². The van der Waals surface area contributed by atoms with Crippen LogP contribution in [-0.2, 0) is 6.42 Å². The highest BCUT2D eigenvalue weighted by Crippen LogP contribution is 2.22. The van der Waals surface area contributed by atoms with Crippen LogP contribution in [-0.4, -0.2) is 6.54 Å². The Morgan fingerprint density at radius 1 is 0.824 bits per heavy atom. The summed E-state index contributed by atoms with van der Waals surface area (Å²) in [5, 5.41) is 3.47. The smallest absolute Gasteiger partial charge is 0.0340 e. The standard InChI is InChI=1S/C16H27N/c1-15(2,3)11-13-7-9-14(10-8-13)17-12-16(4,5)6/h7-10,17H,11-12H2,1-6H3. The number of hydrogen-bond acceptors (Lipinski definition) is 1. The molecule has 1 N–H and O–H groups in total. The lowest BCUT2D eigenvalue weighted by molar-refractivity contribution is 0.411. The normalized spacial score (nSPS) is 12.6.